The molecule has 1 N–H and O–H groups in total. The molecule has 0 spiro atoms. The smallest absolute Gasteiger partial charge is 0.0471 e. The zero-order valence-corrected chi connectivity index (χ0v) is 10.5. The van der Waals surface area contributed by atoms with Crippen molar-refractivity contribution in [2.45, 2.75) is 44.6 Å². The van der Waals surface area contributed by atoms with Crippen molar-refractivity contribution in [1.82, 2.24) is 5.32 Å². The zero-order valence-electron chi connectivity index (χ0n) is 10.5. The van der Waals surface area contributed by atoms with Gasteiger partial charge >= 0.3 is 0 Å². The van der Waals surface area contributed by atoms with Crippen molar-refractivity contribution in [2.75, 3.05) is 33.5 Å². The molecular formula is C13H25NO2. The van der Waals surface area contributed by atoms with Crippen LogP contribution in [0.2, 0.25) is 0 Å². The van der Waals surface area contributed by atoms with Gasteiger partial charge < -0.3 is 14.8 Å². The van der Waals surface area contributed by atoms with Gasteiger partial charge in [0.15, 0.2) is 0 Å². The molecule has 0 amide bonds. The van der Waals surface area contributed by atoms with Crippen LogP contribution in [0.4, 0.5) is 0 Å². The summed E-state index contributed by atoms with van der Waals surface area (Å²) < 4.78 is 10.7. The van der Waals surface area contributed by atoms with Crippen molar-refractivity contribution in [3.8, 4) is 0 Å². The van der Waals surface area contributed by atoms with Gasteiger partial charge in [-0.1, -0.05) is 0 Å². The predicted octanol–water partition coefficient (Wildman–Crippen LogP) is 1.96. The van der Waals surface area contributed by atoms with Gasteiger partial charge in [-0.25, -0.2) is 0 Å². The van der Waals surface area contributed by atoms with E-state index in [4.69, 9.17) is 9.47 Å². The van der Waals surface area contributed by atoms with E-state index in [1.807, 2.05) is 0 Å². The highest BCUT2D eigenvalue weighted by Crippen LogP contribution is 2.35. The lowest BCUT2D eigenvalue weighted by Gasteiger charge is -2.37. The monoisotopic (exact) mass is 227 g/mol. The van der Waals surface area contributed by atoms with Crippen molar-refractivity contribution >= 4 is 0 Å². The molecule has 1 aliphatic heterocycles. The fourth-order valence-electron chi connectivity index (χ4n) is 2.56. The standard InChI is InChI=1S/C13H25NO2/c1-15-8-2-5-13(6-9-16-10-7-13)11-14-12-3-4-12/h12,14H,2-11H2,1H3. The summed E-state index contributed by atoms with van der Waals surface area (Å²) in [6.45, 7) is 3.97. The number of hydrogen-bond acceptors (Lipinski definition) is 3. The van der Waals surface area contributed by atoms with Crippen LogP contribution in [0.1, 0.15) is 38.5 Å². The topological polar surface area (TPSA) is 30.5 Å². The summed E-state index contributed by atoms with van der Waals surface area (Å²) in [7, 11) is 1.79. The van der Waals surface area contributed by atoms with Crippen LogP contribution in [0, 0.1) is 5.41 Å². The molecule has 94 valence electrons. The summed E-state index contributed by atoms with van der Waals surface area (Å²) in [6.07, 6.45) is 7.66. The molecular weight excluding hydrogens is 202 g/mol. The van der Waals surface area contributed by atoms with Crippen molar-refractivity contribution < 1.29 is 9.47 Å². The molecule has 16 heavy (non-hydrogen) atoms. The van der Waals surface area contributed by atoms with Crippen LogP contribution in [0.15, 0.2) is 0 Å². The zero-order chi connectivity index (χ0) is 11.3. The van der Waals surface area contributed by atoms with Gasteiger partial charge in [0, 0.05) is 39.5 Å². The maximum atomic E-state index is 5.49. The number of hydrogen-bond donors (Lipinski definition) is 1. The molecule has 1 saturated carbocycles. The van der Waals surface area contributed by atoms with Gasteiger partial charge in [-0.15, -0.1) is 0 Å². The number of nitrogens with one attached hydrogen (secondary N) is 1. The molecule has 3 nitrogen and oxygen atoms in total. The van der Waals surface area contributed by atoms with Gasteiger partial charge in [0.25, 0.3) is 0 Å². The third-order valence-corrected chi connectivity index (χ3v) is 3.95. The van der Waals surface area contributed by atoms with Crippen LogP contribution in [-0.2, 0) is 9.47 Å². The second-order valence-corrected chi connectivity index (χ2v) is 5.36. The summed E-state index contributed by atoms with van der Waals surface area (Å²) in [5.41, 5.74) is 0.485. The minimum atomic E-state index is 0.485. The molecule has 1 heterocycles. The molecule has 1 saturated heterocycles. The minimum Gasteiger partial charge on any atom is -0.385 e. The first-order valence-electron chi connectivity index (χ1n) is 6.65. The molecule has 0 atom stereocenters. The highest BCUT2D eigenvalue weighted by molar-refractivity contribution is 4.89. The Labute approximate surface area is 98.9 Å². The first-order valence-corrected chi connectivity index (χ1v) is 6.65. The summed E-state index contributed by atoms with van der Waals surface area (Å²) in [6, 6.07) is 0.821. The van der Waals surface area contributed by atoms with E-state index >= 15 is 0 Å². The summed E-state index contributed by atoms with van der Waals surface area (Å²) in [5, 5.41) is 3.70. The number of methoxy groups -OCH3 is 1. The van der Waals surface area contributed by atoms with E-state index in [0.29, 0.717) is 5.41 Å². The summed E-state index contributed by atoms with van der Waals surface area (Å²) >= 11 is 0. The van der Waals surface area contributed by atoms with Crippen molar-refractivity contribution in [2.24, 2.45) is 5.41 Å². The maximum absolute atomic E-state index is 5.49. The van der Waals surface area contributed by atoms with Gasteiger partial charge in [0.2, 0.25) is 0 Å². The van der Waals surface area contributed by atoms with Gasteiger partial charge in [0.05, 0.1) is 0 Å². The second-order valence-electron chi connectivity index (χ2n) is 5.36. The lowest BCUT2D eigenvalue weighted by Crippen LogP contribution is -2.40. The van der Waals surface area contributed by atoms with Crippen LogP contribution in [0.5, 0.6) is 0 Å². The summed E-state index contributed by atoms with van der Waals surface area (Å²) in [5.74, 6) is 0. The van der Waals surface area contributed by atoms with Gasteiger partial charge in [-0.05, 0) is 43.9 Å². The average molecular weight is 227 g/mol. The Balaban J connectivity index is 1.77. The molecule has 0 unspecified atom stereocenters. The van der Waals surface area contributed by atoms with E-state index in [1.54, 1.807) is 7.11 Å². The third kappa shape index (κ3) is 3.72. The van der Waals surface area contributed by atoms with E-state index in [1.165, 1.54) is 45.1 Å². The van der Waals surface area contributed by atoms with Crippen LogP contribution in [0.3, 0.4) is 0 Å². The SMILES string of the molecule is COCCCC1(CNC2CC2)CCOCC1. The molecule has 0 bridgehead atoms. The average Bonchev–Trinajstić information content (AvgIpc) is 3.12. The van der Waals surface area contributed by atoms with E-state index in [0.717, 1.165) is 25.9 Å². The summed E-state index contributed by atoms with van der Waals surface area (Å²) in [4.78, 5) is 0. The normalized spacial score (nSPS) is 24.6. The molecule has 1 aliphatic carbocycles. The molecule has 0 radical (unpaired) electrons. The fraction of sp³-hybridized carbons (Fsp3) is 1.00. The Morgan fingerprint density at radius 1 is 1.31 bits per heavy atom. The molecule has 3 heteroatoms. The Hall–Kier alpha value is -0.120. The maximum Gasteiger partial charge on any atom is 0.0471 e. The van der Waals surface area contributed by atoms with E-state index in [9.17, 15) is 0 Å². The third-order valence-electron chi connectivity index (χ3n) is 3.95. The molecule has 2 fully saturated rings. The Bertz CT molecular complexity index is 198. The lowest BCUT2D eigenvalue weighted by atomic mass is 9.76. The van der Waals surface area contributed by atoms with Crippen molar-refractivity contribution in [3.63, 3.8) is 0 Å². The number of ether oxygens (including phenoxy) is 2. The second kappa shape index (κ2) is 5.99. The largest absolute Gasteiger partial charge is 0.385 e. The van der Waals surface area contributed by atoms with Crippen LogP contribution in [-0.4, -0.2) is 39.5 Å². The predicted molar refractivity (Wildman–Crippen MR) is 64.6 cm³/mol. The van der Waals surface area contributed by atoms with Gasteiger partial charge in [-0.2, -0.15) is 0 Å². The van der Waals surface area contributed by atoms with E-state index in [-0.39, 0.29) is 0 Å². The quantitative estimate of drug-likeness (QED) is 0.674. The highest BCUT2D eigenvalue weighted by Gasteiger charge is 2.33. The minimum absolute atomic E-state index is 0.485. The van der Waals surface area contributed by atoms with E-state index in [2.05, 4.69) is 5.32 Å². The van der Waals surface area contributed by atoms with Crippen LogP contribution in [0.25, 0.3) is 0 Å². The number of rotatable bonds is 7. The van der Waals surface area contributed by atoms with E-state index < -0.39 is 0 Å². The molecule has 0 aromatic carbocycles. The van der Waals surface area contributed by atoms with Crippen LogP contribution >= 0.6 is 0 Å². The van der Waals surface area contributed by atoms with Crippen molar-refractivity contribution in [1.29, 1.82) is 0 Å². The van der Waals surface area contributed by atoms with Crippen LogP contribution < -0.4 is 5.32 Å². The van der Waals surface area contributed by atoms with Gasteiger partial charge in [-0.3, -0.25) is 0 Å². The first kappa shape index (κ1) is 12.3. The lowest BCUT2D eigenvalue weighted by molar-refractivity contribution is 0.00611. The Morgan fingerprint density at radius 3 is 2.69 bits per heavy atom. The van der Waals surface area contributed by atoms with Crippen molar-refractivity contribution in [3.05, 3.63) is 0 Å². The Morgan fingerprint density at radius 2 is 2.06 bits per heavy atom. The first-order chi connectivity index (χ1) is 7.85. The molecule has 2 rings (SSSR count). The fourth-order valence-corrected chi connectivity index (χ4v) is 2.56. The van der Waals surface area contributed by atoms with Gasteiger partial charge in [0.1, 0.15) is 0 Å². The molecule has 0 aromatic heterocycles. The Kier molecular flexibility index (Phi) is 4.62. The highest BCUT2D eigenvalue weighted by atomic mass is 16.5. The molecule has 0 aromatic rings. The molecule has 2 aliphatic rings.